The molecule has 1 saturated heterocycles. The number of amides is 1. The van der Waals surface area contributed by atoms with Crippen LogP contribution < -0.4 is 5.73 Å². The summed E-state index contributed by atoms with van der Waals surface area (Å²) in [5.41, 5.74) is 7.65. The van der Waals surface area contributed by atoms with Crippen molar-refractivity contribution in [1.82, 2.24) is 9.80 Å². The molecule has 0 aromatic heterocycles. The fraction of sp³-hybridized carbons (Fsp3) is 0.480. The van der Waals surface area contributed by atoms with Crippen molar-refractivity contribution in [3.05, 3.63) is 65.4 Å². The van der Waals surface area contributed by atoms with E-state index in [0.29, 0.717) is 18.1 Å². The van der Waals surface area contributed by atoms with Crippen molar-refractivity contribution >= 4 is 38.1 Å². The number of ether oxygens (including phenoxy) is 1. The highest BCUT2D eigenvalue weighted by molar-refractivity contribution is 9.15. The summed E-state index contributed by atoms with van der Waals surface area (Å²) in [6.45, 7) is 20.6. The number of nitrogens with zero attached hydrogens (tertiary/aromatic N) is 2. The number of carbonyl (C=O) groups excluding carboxylic acids is 1. The van der Waals surface area contributed by atoms with E-state index in [1.54, 1.807) is 11.0 Å². The van der Waals surface area contributed by atoms with Crippen molar-refractivity contribution in [3.63, 3.8) is 0 Å². The number of rotatable bonds is 5. The van der Waals surface area contributed by atoms with Gasteiger partial charge in [0.1, 0.15) is 5.60 Å². The van der Waals surface area contributed by atoms with Crippen LogP contribution in [0.1, 0.15) is 58.2 Å². The topological polar surface area (TPSA) is 58.8 Å². The standard InChI is InChI=1S/C22H30BrClN2O2.C3H7N/c1-15(2)13-20(18-8-7-17(24)14-19(18)16(3)23)25-9-11-26(12-10-25)21(27)28-22(4,5)6;1-2-3-4/h7-8,14,20H,1,3,9-13H2,2,4-6H3;2-3H,4H2,1H3/b;3-2-. The Morgan fingerprint density at radius 3 is 2.28 bits per heavy atom. The van der Waals surface area contributed by atoms with E-state index in [1.807, 2.05) is 46.8 Å². The predicted octanol–water partition coefficient (Wildman–Crippen LogP) is 6.74. The normalized spacial score (nSPS) is 15.7. The average molecular weight is 527 g/mol. The number of hydrogen-bond donors (Lipinski definition) is 1. The van der Waals surface area contributed by atoms with E-state index in [2.05, 4.69) is 40.1 Å². The molecule has 1 amide bonds. The zero-order valence-electron chi connectivity index (χ0n) is 20.0. The van der Waals surface area contributed by atoms with Gasteiger partial charge in [0.15, 0.2) is 0 Å². The Labute approximate surface area is 207 Å². The summed E-state index contributed by atoms with van der Waals surface area (Å²) >= 11 is 9.73. The van der Waals surface area contributed by atoms with Crippen LogP contribution >= 0.6 is 27.5 Å². The van der Waals surface area contributed by atoms with Crippen molar-refractivity contribution in [2.24, 2.45) is 5.73 Å². The molecule has 1 aliphatic heterocycles. The molecule has 0 spiro atoms. The highest BCUT2D eigenvalue weighted by atomic mass is 79.9. The van der Waals surface area contributed by atoms with Crippen LogP contribution in [0, 0.1) is 0 Å². The molecule has 32 heavy (non-hydrogen) atoms. The SMILES string of the molecule is C/C=C\N.C=C(C)CC(c1ccc(Cl)cc1C(=C)Br)N1CCN(C(=O)OC(C)(C)C)CC1. The van der Waals surface area contributed by atoms with Gasteiger partial charge in [-0.1, -0.05) is 51.8 Å². The average Bonchev–Trinajstić information content (AvgIpc) is 2.71. The first-order valence-corrected chi connectivity index (χ1v) is 11.9. The van der Waals surface area contributed by atoms with Gasteiger partial charge in [-0.3, -0.25) is 4.90 Å². The summed E-state index contributed by atoms with van der Waals surface area (Å²) in [6.07, 6.45) is 3.87. The molecule has 0 bridgehead atoms. The molecule has 1 fully saturated rings. The maximum atomic E-state index is 12.4. The first-order valence-electron chi connectivity index (χ1n) is 10.7. The van der Waals surface area contributed by atoms with Gasteiger partial charge >= 0.3 is 6.09 Å². The lowest BCUT2D eigenvalue weighted by molar-refractivity contribution is 0.0101. The van der Waals surface area contributed by atoms with Gasteiger partial charge in [0, 0.05) is 41.7 Å². The Morgan fingerprint density at radius 1 is 1.28 bits per heavy atom. The Bertz CT molecular complexity index is 821. The monoisotopic (exact) mass is 525 g/mol. The smallest absolute Gasteiger partial charge is 0.410 e. The summed E-state index contributed by atoms with van der Waals surface area (Å²) in [6, 6.07) is 6.08. The van der Waals surface area contributed by atoms with Crippen LogP contribution in [0.5, 0.6) is 0 Å². The van der Waals surface area contributed by atoms with Gasteiger partial charge in [0.05, 0.1) is 0 Å². The van der Waals surface area contributed by atoms with E-state index in [9.17, 15) is 4.79 Å². The molecule has 1 aliphatic rings. The highest BCUT2D eigenvalue weighted by Gasteiger charge is 2.30. The second-order valence-electron chi connectivity index (χ2n) is 8.84. The molecule has 178 valence electrons. The number of allylic oxidation sites excluding steroid dienone is 1. The molecule has 1 aromatic rings. The van der Waals surface area contributed by atoms with Gasteiger partial charge in [-0.05, 0) is 70.5 Å². The highest BCUT2D eigenvalue weighted by Crippen LogP contribution is 2.36. The molecule has 1 heterocycles. The minimum Gasteiger partial charge on any atom is -0.444 e. The number of piperazine rings is 1. The molecule has 0 saturated carbocycles. The van der Waals surface area contributed by atoms with E-state index in [1.165, 1.54) is 11.8 Å². The number of carbonyl (C=O) groups is 1. The molecule has 0 aliphatic carbocycles. The maximum absolute atomic E-state index is 12.4. The molecule has 5 nitrogen and oxygen atoms in total. The summed E-state index contributed by atoms with van der Waals surface area (Å²) in [4.78, 5) is 16.5. The Kier molecular flexibility index (Phi) is 11.5. The van der Waals surface area contributed by atoms with Crippen LogP contribution in [0.25, 0.3) is 4.48 Å². The first-order chi connectivity index (χ1) is 14.9. The molecular formula is C25H37BrClN3O2. The predicted molar refractivity (Wildman–Crippen MR) is 140 cm³/mol. The van der Waals surface area contributed by atoms with Crippen molar-refractivity contribution in [2.45, 2.75) is 52.7 Å². The lowest BCUT2D eigenvalue weighted by atomic mass is 9.93. The minimum absolute atomic E-state index is 0.153. The van der Waals surface area contributed by atoms with Crippen LogP contribution in [0.4, 0.5) is 4.79 Å². The summed E-state index contributed by atoms with van der Waals surface area (Å²) in [5, 5.41) is 0.683. The Hall–Kier alpha value is -1.76. The third kappa shape index (κ3) is 9.39. The van der Waals surface area contributed by atoms with Crippen LogP contribution in [-0.2, 0) is 4.74 Å². The molecular weight excluding hydrogens is 490 g/mol. The first kappa shape index (κ1) is 28.3. The molecule has 1 atom stereocenters. The molecule has 2 rings (SSSR count). The minimum atomic E-state index is -0.481. The third-order valence-electron chi connectivity index (χ3n) is 4.81. The van der Waals surface area contributed by atoms with Crippen molar-refractivity contribution < 1.29 is 9.53 Å². The maximum Gasteiger partial charge on any atom is 0.410 e. The van der Waals surface area contributed by atoms with E-state index < -0.39 is 5.60 Å². The largest absolute Gasteiger partial charge is 0.444 e. The van der Waals surface area contributed by atoms with E-state index in [-0.39, 0.29) is 12.1 Å². The summed E-state index contributed by atoms with van der Waals surface area (Å²) < 4.78 is 6.32. The molecule has 0 radical (unpaired) electrons. The molecule has 1 unspecified atom stereocenters. The molecule has 1 aromatic carbocycles. The number of halogens is 2. The number of benzene rings is 1. The van der Waals surface area contributed by atoms with Gasteiger partial charge in [0.2, 0.25) is 0 Å². The van der Waals surface area contributed by atoms with Crippen molar-refractivity contribution in [2.75, 3.05) is 26.2 Å². The van der Waals surface area contributed by atoms with Crippen LogP contribution in [0.2, 0.25) is 5.02 Å². The van der Waals surface area contributed by atoms with Gasteiger partial charge < -0.3 is 15.4 Å². The van der Waals surface area contributed by atoms with Gasteiger partial charge in [-0.2, -0.15) is 0 Å². The van der Waals surface area contributed by atoms with Gasteiger partial charge in [0.25, 0.3) is 0 Å². The van der Waals surface area contributed by atoms with Gasteiger partial charge in [-0.15, -0.1) is 6.58 Å². The Balaban J connectivity index is 0.00000118. The molecule has 7 heteroatoms. The summed E-state index contributed by atoms with van der Waals surface area (Å²) in [7, 11) is 0. The fourth-order valence-electron chi connectivity index (χ4n) is 3.36. The number of hydrogen-bond acceptors (Lipinski definition) is 4. The fourth-order valence-corrected chi connectivity index (χ4v) is 3.88. The van der Waals surface area contributed by atoms with Crippen molar-refractivity contribution in [3.8, 4) is 0 Å². The van der Waals surface area contributed by atoms with E-state index in [4.69, 9.17) is 22.1 Å². The zero-order valence-corrected chi connectivity index (χ0v) is 22.3. The quantitative estimate of drug-likeness (QED) is 0.431. The zero-order chi connectivity index (χ0) is 24.5. The van der Waals surface area contributed by atoms with Crippen molar-refractivity contribution in [1.29, 1.82) is 0 Å². The van der Waals surface area contributed by atoms with Crippen LogP contribution in [0.3, 0.4) is 0 Å². The molecule has 2 N–H and O–H groups in total. The second kappa shape index (κ2) is 13.1. The van der Waals surface area contributed by atoms with Gasteiger partial charge in [-0.25, -0.2) is 4.79 Å². The summed E-state index contributed by atoms with van der Waals surface area (Å²) in [5.74, 6) is 0. The lowest BCUT2D eigenvalue weighted by Gasteiger charge is -2.40. The van der Waals surface area contributed by atoms with Crippen LogP contribution in [0.15, 0.2) is 49.2 Å². The Morgan fingerprint density at radius 2 is 1.84 bits per heavy atom. The van der Waals surface area contributed by atoms with Crippen LogP contribution in [-0.4, -0.2) is 47.7 Å². The number of nitrogens with two attached hydrogens (primary N) is 1. The van der Waals surface area contributed by atoms with E-state index >= 15 is 0 Å². The second-order valence-corrected chi connectivity index (χ2v) is 10.2. The lowest BCUT2D eigenvalue weighted by Crippen LogP contribution is -2.51. The van der Waals surface area contributed by atoms with E-state index in [0.717, 1.165) is 35.1 Å². The third-order valence-corrected chi connectivity index (χ3v) is 5.47.